The maximum absolute atomic E-state index is 13.5. The van der Waals surface area contributed by atoms with Gasteiger partial charge in [0, 0.05) is 17.6 Å². The zero-order valence-corrected chi connectivity index (χ0v) is 22.1. The SMILES string of the molecule is CCCCn1c(=O)c(NC(=O)COc2cc(C)c(N)c(C)c2C)c(N)n(-c2cccc3ccccc23)c1=O. The number of aromatic nitrogens is 2. The van der Waals surface area contributed by atoms with Crippen LogP contribution in [0.1, 0.15) is 36.5 Å². The largest absolute Gasteiger partial charge is 0.483 e. The molecule has 0 radical (unpaired) electrons. The Morgan fingerprint density at radius 2 is 1.71 bits per heavy atom. The van der Waals surface area contributed by atoms with Crippen LogP contribution in [-0.2, 0) is 11.3 Å². The van der Waals surface area contributed by atoms with Gasteiger partial charge in [-0.1, -0.05) is 49.7 Å². The van der Waals surface area contributed by atoms with Gasteiger partial charge in [0.05, 0.1) is 5.69 Å². The normalized spacial score (nSPS) is 11.1. The lowest BCUT2D eigenvalue weighted by Crippen LogP contribution is -2.42. The number of hydrogen-bond donors (Lipinski definition) is 3. The van der Waals surface area contributed by atoms with Crippen LogP contribution in [0.4, 0.5) is 17.2 Å². The van der Waals surface area contributed by atoms with Crippen molar-refractivity contribution in [3.63, 3.8) is 0 Å². The molecular formula is C29H33N5O4. The zero-order valence-electron chi connectivity index (χ0n) is 22.1. The number of carbonyl (C=O) groups is 1. The number of fused-ring (bicyclic) bond motifs is 1. The molecule has 0 aliphatic heterocycles. The fourth-order valence-electron chi connectivity index (χ4n) is 4.47. The molecule has 1 amide bonds. The van der Waals surface area contributed by atoms with Crippen LogP contribution in [0.3, 0.4) is 0 Å². The van der Waals surface area contributed by atoms with Crippen LogP contribution in [0.25, 0.3) is 16.5 Å². The first-order valence-corrected chi connectivity index (χ1v) is 12.6. The highest BCUT2D eigenvalue weighted by Crippen LogP contribution is 2.29. The topological polar surface area (TPSA) is 134 Å². The van der Waals surface area contributed by atoms with Gasteiger partial charge in [0.25, 0.3) is 11.5 Å². The van der Waals surface area contributed by atoms with E-state index in [0.717, 1.165) is 38.5 Å². The third kappa shape index (κ3) is 4.87. The van der Waals surface area contributed by atoms with E-state index in [1.165, 1.54) is 4.57 Å². The highest BCUT2D eigenvalue weighted by Gasteiger charge is 2.21. The molecule has 0 atom stereocenters. The predicted octanol–water partition coefficient (Wildman–Crippen LogP) is 4.06. The van der Waals surface area contributed by atoms with E-state index in [0.29, 0.717) is 23.5 Å². The summed E-state index contributed by atoms with van der Waals surface area (Å²) in [5.74, 6) is -0.197. The second-order valence-corrected chi connectivity index (χ2v) is 9.38. The quantitative estimate of drug-likeness (QED) is 0.303. The Morgan fingerprint density at radius 3 is 2.45 bits per heavy atom. The second-order valence-electron chi connectivity index (χ2n) is 9.38. The van der Waals surface area contributed by atoms with Crippen LogP contribution >= 0.6 is 0 Å². The zero-order chi connectivity index (χ0) is 27.6. The summed E-state index contributed by atoms with van der Waals surface area (Å²) in [5, 5.41) is 4.30. The Bertz CT molecular complexity index is 1650. The van der Waals surface area contributed by atoms with E-state index in [2.05, 4.69) is 5.32 Å². The first-order chi connectivity index (χ1) is 18.1. The van der Waals surface area contributed by atoms with Gasteiger partial charge >= 0.3 is 5.69 Å². The second kappa shape index (κ2) is 10.8. The molecule has 9 heteroatoms. The number of anilines is 3. The van der Waals surface area contributed by atoms with Crippen molar-refractivity contribution in [3.05, 3.63) is 86.1 Å². The summed E-state index contributed by atoms with van der Waals surface area (Å²) in [4.78, 5) is 39.8. The number of unbranched alkanes of at least 4 members (excludes halogenated alkanes) is 1. The minimum absolute atomic E-state index is 0.146. The van der Waals surface area contributed by atoms with Crippen molar-refractivity contribution >= 4 is 33.9 Å². The van der Waals surface area contributed by atoms with E-state index >= 15 is 0 Å². The van der Waals surface area contributed by atoms with Crippen molar-refractivity contribution in [2.24, 2.45) is 0 Å². The van der Waals surface area contributed by atoms with Gasteiger partial charge < -0.3 is 21.5 Å². The van der Waals surface area contributed by atoms with Crippen LogP contribution in [0.5, 0.6) is 5.75 Å². The number of aryl methyl sites for hydroxylation is 1. The van der Waals surface area contributed by atoms with Gasteiger partial charge in [-0.15, -0.1) is 0 Å². The molecule has 0 bridgehead atoms. The van der Waals surface area contributed by atoms with Gasteiger partial charge in [0.1, 0.15) is 17.3 Å². The van der Waals surface area contributed by atoms with E-state index < -0.39 is 17.2 Å². The van der Waals surface area contributed by atoms with Gasteiger partial charge in [-0.25, -0.2) is 9.36 Å². The molecule has 4 aromatic rings. The number of nitrogen functional groups attached to an aromatic ring is 2. The van der Waals surface area contributed by atoms with Gasteiger partial charge in [0.2, 0.25) is 0 Å². The Hall–Kier alpha value is -4.53. The van der Waals surface area contributed by atoms with Crippen LogP contribution in [-0.4, -0.2) is 21.6 Å². The van der Waals surface area contributed by atoms with Gasteiger partial charge in [-0.05, 0) is 61.4 Å². The summed E-state index contributed by atoms with van der Waals surface area (Å²) < 4.78 is 8.18. The van der Waals surface area contributed by atoms with E-state index in [1.807, 2.05) is 64.1 Å². The highest BCUT2D eigenvalue weighted by atomic mass is 16.5. The Kier molecular flexibility index (Phi) is 7.57. The monoisotopic (exact) mass is 515 g/mol. The molecule has 0 unspecified atom stereocenters. The lowest BCUT2D eigenvalue weighted by atomic mass is 10.0. The minimum atomic E-state index is -0.652. The molecule has 3 aromatic carbocycles. The molecule has 9 nitrogen and oxygen atoms in total. The van der Waals surface area contributed by atoms with Crippen molar-refractivity contribution in [3.8, 4) is 11.4 Å². The number of amides is 1. The molecule has 1 heterocycles. The lowest BCUT2D eigenvalue weighted by molar-refractivity contribution is -0.118. The van der Waals surface area contributed by atoms with Crippen molar-refractivity contribution in [2.45, 2.75) is 47.1 Å². The van der Waals surface area contributed by atoms with Crippen molar-refractivity contribution in [1.29, 1.82) is 0 Å². The molecule has 4 rings (SSSR count). The van der Waals surface area contributed by atoms with Crippen molar-refractivity contribution < 1.29 is 9.53 Å². The number of nitrogens with zero attached hydrogens (tertiary/aromatic N) is 2. The summed E-state index contributed by atoms with van der Waals surface area (Å²) in [5.41, 5.74) is 14.9. The van der Waals surface area contributed by atoms with Gasteiger partial charge in [-0.2, -0.15) is 0 Å². The maximum atomic E-state index is 13.5. The average Bonchev–Trinajstić information content (AvgIpc) is 2.91. The molecule has 198 valence electrons. The van der Waals surface area contributed by atoms with Crippen molar-refractivity contribution in [2.75, 3.05) is 23.4 Å². The third-order valence-electron chi connectivity index (χ3n) is 6.85. The molecule has 0 fully saturated rings. The fourth-order valence-corrected chi connectivity index (χ4v) is 4.47. The average molecular weight is 516 g/mol. The molecule has 0 spiro atoms. The predicted molar refractivity (Wildman–Crippen MR) is 152 cm³/mol. The molecule has 0 aliphatic carbocycles. The highest BCUT2D eigenvalue weighted by molar-refractivity contribution is 5.95. The minimum Gasteiger partial charge on any atom is -0.483 e. The van der Waals surface area contributed by atoms with Crippen molar-refractivity contribution in [1.82, 2.24) is 9.13 Å². The molecule has 0 saturated carbocycles. The molecule has 1 aromatic heterocycles. The molecule has 5 N–H and O–H groups in total. The third-order valence-corrected chi connectivity index (χ3v) is 6.85. The first-order valence-electron chi connectivity index (χ1n) is 12.6. The van der Waals surface area contributed by atoms with Crippen LogP contribution in [0, 0.1) is 20.8 Å². The summed E-state index contributed by atoms with van der Waals surface area (Å²) >= 11 is 0. The van der Waals surface area contributed by atoms with Crippen LogP contribution < -0.4 is 32.8 Å². The Balaban J connectivity index is 1.75. The maximum Gasteiger partial charge on any atom is 0.337 e. The number of nitrogens with two attached hydrogens (primary N) is 2. The summed E-state index contributed by atoms with van der Waals surface area (Å²) in [6.45, 7) is 7.43. The fraction of sp³-hybridized carbons (Fsp3) is 0.276. The van der Waals surface area contributed by atoms with Crippen LogP contribution in [0.2, 0.25) is 0 Å². The number of ether oxygens (including phenoxy) is 1. The number of carbonyl (C=O) groups excluding carboxylic acids is 1. The lowest BCUT2D eigenvalue weighted by Gasteiger charge is -2.19. The van der Waals surface area contributed by atoms with Crippen LogP contribution in [0.15, 0.2) is 58.1 Å². The van der Waals surface area contributed by atoms with E-state index in [9.17, 15) is 14.4 Å². The molecular weight excluding hydrogens is 482 g/mol. The molecule has 38 heavy (non-hydrogen) atoms. The summed E-state index contributed by atoms with van der Waals surface area (Å²) in [6, 6.07) is 14.8. The first kappa shape index (κ1) is 26.5. The Morgan fingerprint density at radius 1 is 1.00 bits per heavy atom. The van der Waals surface area contributed by atoms with E-state index in [1.54, 1.807) is 12.1 Å². The Labute approximate surface area is 220 Å². The molecule has 0 saturated heterocycles. The number of nitrogens with one attached hydrogen (secondary N) is 1. The van der Waals surface area contributed by atoms with Gasteiger partial charge in [-0.3, -0.25) is 14.2 Å². The summed E-state index contributed by atoms with van der Waals surface area (Å²) in [7, 11) is 0. The number of hydrogen-bond acceptors (Lipinski definition) is 6. The number of benzene rings is 3. The van der Waals surface area contributed by atoms with E-state index in [4.69, 9.17) is 16.2 Å². The summed E-state index contributed by atoms with van der Waals surface area (Å²) in [6.07, 6.45) is 1.39. The number of rotatable bonds is 8. The van der Waals surface area contributed by atoms with Gasteiger partial charge in [0.15, 0.2) is 6.61 Å². The standard InChI is InChI=1S/C29H33N5O4/c1-5-6-14-33-28(36)26(32-24(35)16-38-23-15-17(2)25(30)19(4)18(23)3)27(31)34(29(33)37)22-13-9-11-20-10-7-8-12-21(20)22/h7-13,15H,5-6,14,16,30-31H2,1-4H3,(H,32,35). The smallest absolute Gasteiger partial charge is 0.337 e. The van der Waals surface area contributed by atoms with E-state index in [-0.39, 0.29) is 24.7 Å². The molecule has 0 aliphatic rings.